The SMILES string of the molecule is CC(C)(C)OC(=O)CCCc1ccc(Oc2cc(CN)nc(N)n2)cc1. The highest BCUT2D eigenvalue weighted by Gasteiger charge is 2.15. The topological polar surface area (TPSA) is 113 Å². The maximum Gasteiger partial charge on any atom is 0.306 e. The van der Waals surface area contributed by atoms with Gasteiger partial charge in [-0.05, 0) is 51.3 Å². The van der Waals surface area contributed by atoms with Crippen molar-refractivity contribution in [3.05, 3.63) is 41.6 Å². The molecule has 0 atom stereocenters. The van der Waals surface area contributed by atoms with Gasteiger partial charge < -0.3 is 20.9 Å². The first kappa shape index (κ1) is 19.7. The molecular weight excluding hydrogens is 332 g/mol. The van der Waals surface area contributed by atoms with Crippen molar-refractivity contribution in [3.63, 3.8) is 0 Å². The summed E-state index contributed by atoms with van der Waals surface area (Å²) in [4.78, 5) is 19.7. The number of hydrogen-bond donors (Lipinski definition) is 2. The summed E-state index contributed by atoms with van der Waals surface area (Å²) < 4.78 is 11.0. The zero-order chi connectivity index (χ0) is 19.2. The van der Waals surface area contributed by atoms with Gasteiger partial charge in [0.25, 0.3) is 0 Å². The molecule has 0 aliphatic heterocycles. The van der Waals surface area contributed by atoms with E-state index in [2.05, 4.69) is 9.97 Å². The quantitative estimate of drug-likeness (QED) is 0.731. The molecule has 7 heteroatoms. The van der Waals surface area contributed by atoms with E-state index in [9.17, 15) is 4.79 Å². The second-order valence-corrected chi connectivity index (χ2v) is 6.95. The Morgan fingerprint density at radius 2 is 1.85 bits per heavy atom. The zero-order valence-corrected chi connectivity index (χ0v) is 15.5. The van der Waals surface area contributed by atoms with Crippen LogP contribution in [0.15, 0.2) is 30.3 Å². The Morgan fingerprint density at radius 1 is 1.15 bits per heavy atom. The van der Waals surface area contributed by atoms with Crippen LogP contribution in [0.2, 0.25) is 0 Å². The van der Waals surface area contributed by atoms with Gasteiger partial charge >= 0.3 is 5.97 Å². The fraction of sp³-hybridized carbons (Fsp3) is 0.421. The zero-order valence-electron chi connectivity index (χ0n) is 15.5. The third-order valence-corrected chi connectivity index (χ3v) is 3.39. The number of esters is 1. The number of benzene rings is 1. The molecule has 0 spiro atoms. The highest BCUT2D eigenvalue weighted by molar-refractivity contribution is 5.69. The van der Waals surface area contributed by atoms with Crippen LogP contribution in [0.5, 0.6) is 11.6 Å². The molecule has 0 radical (unpaired) electrons. The van der Waals surface area contributed by atoms with Crippen LogP contribution in [0.1, 0.15) is 44.9 Å². The predicted octanol–water partition coefficient (Wildman–Crippen LogP) is 2.97. The van der Waals surface area contributed by atoms with Crippen LogP contribution in [-0.4, -0.2) is 21.5 Å². The van der Waals surface area contributed by atoms with Gasteiger partial charge in [0.05, 0.1) is 5.69 Å². The molecule has 2 aromatic rings. The molecule has 1 aromatic heterocycles. The van der Waals surface area contributed by atoms with Crippen LogP contribution in [0.25, 0.3) is 0 Å². The summed E-state index contributed by atoms with van der Waals surface area (Å²) in [6, 6.07) is 9.27. The minimum atomic E-state index is -0.440. The average molecular weight is 358 g/mol. The molecule has 4 N–H and O–H groups in total. The first-order valence-corrected chi connectivity index (χ1v) is 8.57. The van der Waals surface area contributed by atoms with Gasteiger partial charge in [-0.25, -0.2) is 4.98 Å². The van der Waals surface area contributed by atoms with E-state index in [1.54, 1.807) is 6.07 Å². The molecule has 0 aliphatic carbocycles. The van der Waals surface area contributed by atoms with Crippen LogP contribution < -0.4 is 16.2 Å². The van der Waals surface area contributed by atoms with Crippen molar-refractivity contribution in [2.75, 3.05) is 5.73 Å². The van der Waals surface area contributed by atoms with Crippen LogP contribution in [-0.2, 0) is 22.5 Å². The Kier molecular flexibility index (Phi) is 6.52. The summed E-state index contributed by atoms with van der Waals surface area (Å²) in [5.41, 5.74) is 12.5. The maximum absolute atomic E-state index is 11.7. The van der Waals surface area contributed by atoms with E-state index in [1.165, 1.54) is 0 Å². The minimum absolute atomic E-state index is 0.127. The smallest absolute Gasteiger partial charge is 0.306 e. The molecule has 140 valence electrons. The number of anilines is 1. The van der Waals surface area contributed by atoms with E-state index in [1.807, 2.05) is 45.0 Å². The molecular formula is C19H26N4O3. The summed E-state index contributed by atoms with van der Waals surface area (Å²) in [5, 5.41) is 0. The van der Waals surface area contributed by atoms with Crippen LogP contribution in [0.4, 0.5) is 5.95 Å². The largest absolute Gasteiger partial charge is 0.460 e. The lowest BCUT2D eigenvalue weighted by Crippen LogP contribution is -2.23. The first-order chi connectivity index (χ1) is 12.2. The van der Waals surface area contributed by atoms with Gasteiger partial charge in [0.2, 0.25) is 11.8 Å². The van der Waals surface area contributed by atoms with Gasteiger partial charge in [-0.3, -0.25) is 4.79 Å². The molecule has 0 aliphatic rings. The fourth-order valence-corrected chi connectivity index (χ4v) is 2.32. The monoisotopic (exact) mass is 358 g/mol. The Balaban J connectivity index is 1.86. The molecule has 2 rings (SSSR count). The molecule has 26 heavy (non-hydrogen) atoms. The van der Waals surface area contributed by atoms with Crippen molar-refractivity contribution in [1.82, 2.24) is 9.97 Å². The van der Waals surface area contributed by atoms with Gasteiger partial charge in [-0.1, -0.05) is 12.1 Å². The number of ether oxygens (including phenoxy) is 2. The normalized spacial score (nSPS) is 11.2. The summed E-state index contributed by atoms with van der Waals surface area (Å²) >= 11 is 0. The number of carbonyl (C=O) groups is 1. The van der Waals surface area contributed by atoms with Crippen LogP contribution in [0, 0.1) is 0 Å². The van der Waals surface area contributed by atoms with Crippen molar-refractivity contribution in [2.24, 2.45) is 5.73 Å². The lowest BCUT2D eigenvalue weighted by molar-refractivity contribution is -0.154. The number of rotatable bonds is 7. The van der Waals surface area contributed by atoms with Crippen molar-refractivity contribution in [2.45, 2.75) is 52.2 Å². The molecule has 0 saturated heterocycles. The molecule has 0 bridgehead atoms. The van der Waals surface area contributed by atoms with Crippen molar-refractivity contribution >= 4 is 11.9 Å². The van der Waals surface area contributed by atoms with Crippen molar-refractivity contribution in [1.29, 1.82) is 0 Å². The van der Waals surface area contributed by atoms with Gasteiger partial charge in [-0.15, -0.1) is 0 Å². The van der Waals surface area contributed by atoms with Gasteiger partial charge in [0.15, 0.2) is 0 Å². The second kappa shape index (κ2) is 8.62. The summed E-state index contributed by atoms with van der Waals surface area (Å²) in [6.45, 7) is 5.86. The van der Waals surface area contributed by atoms with E-state index in [0.717, 1.165) is 18.4 Å². The Labute approximate surface area is 153 Å². The Morgan fingerprint density at radius 3 is 2.46 bits per heavy atom. The van der Waals surface area contributed by atoms with Crippen LogP contribution in [0.3, 0.4) is 0 Å². The first-order valence-electron chi connectivity index (χ1n) is 8.57. The minimum Gasteiger partial charge on any atom is -0.460 e. The van der Waals surface area contributed by atoms with Gasteiger partial charge in [0.1, 0.15) is 11.4 Å². The summed E-state index contributed by atoms with van der Waals surface area (Å²) in [6.07, 6.45) is 1.92. The van der Waals surface area contributed by atoms with Crippen molar-refractivity contribution in [3.8, 4) is 11.6 Å². The predicted molar refractivity (Wildman–Crippen MR) is 99.6 cm³/mol. The van der Waals surface area contributed by atoms with E-state index in [-0.39, 0.29) is 18.5 Å². The molecule has 0 amide bonds. The van der Waals surface area contributed by atoms with Gasteiger partial charge in [0, 0.05) is 19.0 Å². The number of carbonyl (C=O) groups excluding carboxylic acids is 1. The third-order valence-electron chi connectivity index (χ3n) is 3.39. The highest BCUT2D eigenvalue weighted by Crippen LogP contribution is 2.21. The second-order valence-electron chi connectivity index (χ2n) is 6.95. The Hall–Kier alpha value is -2.67. The highest BCUT2D eigenvalue weighted by atomic mass is 16.6. The van der Waals surface area contributed by atoms with E-state index in [0.29, 0.717) is 23.7 Å². The number of hydrogen-bond acceptors (Lipinski definition) is 7. The molecule has 0 saturated carbocycles. The number of aryl methyl sites for hydroxylation is 1. The fourth-order valence-electron chi connectivity index (χ4n) is 2.32. The molecule has 1 aromatic carbocycles. The number of nitrogens with zero attached hydrogens (tertiary/aromatic N) is 2. The Bertz CT molecular complexity index is 739. The maximum atomic E-state index is 11.7. The lowest BCUT2D eigenvalue weighted by Gasteiger charge is -2.19. The summed E-state index contributed by atoms with van der Waals surface area (Å²) in [7, 11) is 0. The molecule has 0 fully saturated rings. The van der Waals surface area contributed by atoms with E-state index >= 15 is 0 Å². The van der Waals surface area contributed by atoms with Crippen molar-refractivity contribution < 1.29 is 14.3 Å². The van der Waals surface area contributed by atoms with E-state index < -0.39 is 5.60 Å². The number of nitrogen functional groups attached to an aromatic ring is 1. The van der Waals surface area contributed by atoms with E-state index in [4.69, 9.17) is 20.9 Å². The standard InChI is InChI=1S/C19H26N4O3/c1-19(2,3)26-17(24)6-4-5-13-7-9-15(10-8-13)25-16-11-14(12-20)22-18(21)23-16/h7-11H,4-6,12,20H2,1-3H3,(H2,21,22,23). The van der Waals surface area contributed by atoms with Crippen LogP contribution >= 0.6 is 0 Å². The molecule has 7 nitrogen and oxygen atoms in total. The third kappa shape index (κ3) is 6.68. The molecule has 1 heterocycles. The lowest BCUT2D eigenvalue weighted by atomic mass is 10.1. The molecule has 0 unspecified atom stereocenters. The summed E-state index contributed by atoms with van der Waals surface area (Å²) in [5.74, 6) is 0.953. The number of nitrogens with two attached hydrogens (primary N) is 2. The average Bonchev–Trinajstić information content (AvgIpc) is 2.54. The number of aromatic nitrogens is 2. The van der Waals surface area contributed by atoms with Gasteiger partial charge in [-0.2, -0.15) is 4.98 Å².